The van der Waals surface area contributed by atoms with Gasteiger partial charge in [0.2, 0.25) is 11.8 Å². The van der Waals surface area contributed by atoms with E-state index < -0.39 is 0 Å². The average molecular weight is 302 g/mol. The topological polar surface area (TPSA) is 65.5 Å². The molecular formula is C16H22N4O2. The number of carbonyl (C=O) groups is 2. The Balaban J connectivity index is 1.68. The van der Waals surface area contributed by atoms with Crippen molar-refractivity contribution >= 4 is 11.8 Å². The van der Waals surface area contributed by atoms with E-state index in [1.54, 1.807) is 17.3 Å². The Morgan fingerprint density at radius 3 is 2.68 bits per heavy atom. The first-order chi connectivity index (χ1) is 10.6. The van der Waals surface area contributed by atoms with Crippen molar-refractivity contribution in [3.63, 3.8) is 0 Å². The molecule has 6 nitrogen and oxygen atoms in total. The van der Waals surface area contributed by atoms with Crippen molar-refractivity contribution in [2.24, 2.45) is 5.92 Å². The maximum Gasteiger partial charge on any atom is 0.246 e. The van der Waals surface area contributed by atoms with E-state index in [1.165, 1.54) is 5.56 Å². The lowest BCUT2D eigenvalue weighted by molar-refractivity contribution is -0.154. The SMILES string of the molecule is CC(C)[C@@H]1NC(=O)[C@H]2CN(Cc3ccncc3)CCN2C1=O. The number of piperazine rings is 2. The van der Waals surface area contributed by atoms with Crippen LogP contribution >= 0.6 is 0 Å². The lowest BCUT2D eigenvalue weighted by Crippen LogP contribution is -2.70. The van der Waals surface area contributed by atoms with Gasteiger partial charge in [0, 0.05) is 38.6 Å². The second-order valence-electron chi connectivity index (χ2n) is 6.37. The molecule has 0 saturated carbocycles. The third-order valence-corrected chi connectivity index (χ3v) is 4.44. The van der Waals surface area contributed by atoms with Crippen LogP contribution in [0.4, 0.5) is 0 Å². The van der Waals surface area contributed by atoms with Gasteiger partial charge in [-0.2, -0.15) is 0 Å². The molecule has 0 unspecified atom stereocenters. The summed E-state index contributed by atoms with van der Waals surface area (Å²) < 4.78 is 0. The quantitative estimate of drug-likeness (QED) is 0.869. The zero-order chi connectivity index (χ0) is 15.7. The molecule has 3 heterocycles. The Morgan fingerprint density at radius 1 is 1.27 bits per heavy atom. The normalized spacial score (nSPS) is 26.0. The molecule has 2 fully saturated rings. The molecule has 1 aromatic rings. The second kappa shape index (κ2) is 6.04. The van der Waals surface area contributed by atoms with Gasteiger partial charge >= 0.3 is 0 Å². The maximum atomic E-state index is 12.5. The number of rotatable bonds is 3. The van der Waals surface area contributed by atoms with E-state index in [-0.39, 0.29) is 29.8 Å². The number of fused-ring (bicyclic) bond motifs is 1. The highest BCUT2D eigenvalue weighted by Gasteiger charge is 2.44. The molecule has 6 heteroatoms. The van der Waals surface area contributed by atoms with Crippen molar-refractivity contribution in [1.29, 1.82) is 0 Å². The summed E-state index contributed by atoms with van der Waals surface area (Å²) in [5.74, 6) is 0.146. The molecule has 0 radical (unpaired) electrons. The molecule has 1 N–H and O–H groups in total. The standard InChI is InChI=1S/C16H22N4O2/c1-11(2)14-16(22)20-8-7-19(10-13(20)15(21)18-14)9-12-3-5-17-6-4-12/h3-6,11,13-14H,7-10H2,1-2H3,(H,18,21)/t13-,14+/m1/s1. The number of hydrogen-bond acceptors (Lipinski definition) is 4. The minimum Gasteiger partial charge on any atom is -0.342 e. The van der Waals surface area contributed by atoms with Crippen molar-refractivity contribution in [2.45, 2.75) is 32.5 Å². The number of carbonyl (C=O) groups excluding carboxylic acids is 2. The van der Waals surface area contributed by atoms with Gasteiger partial charge in [0.05, 0.1) is 0 Å². The number of nitrogens with zero attached hydrogens (tertiary/aromatic N) is 3. The molecule has 2 atom stereocenters. The minimum atomic E-state index is -0.379. The summed E-state index contributed by atoms with van der Waals surface area (Å²) >= 11 is 0. The Morgan fingerprint density at radius 2 is 2.00 bits per heavy atom. The summed E-state index contributed by atoms with van der Waals surface area (Å²) in [4.78, 5) is 32.8. The predicted molar refractivity (Wildman–Crippen MR) is 81.8 cm³/mol. The number of amides is 2. The van der Waals surface area contributed by atoms with E-state index in [0.717, 1.165) is 13.1 Å². The summed E-state index contributed by atoms with van der Waals surface area (Å²) in [6.07, 6.45) is 3.55. The predicted octanol–water partition coefficient (Wildman–Crippen LogP) is 0.249. The van der Waals surface area contributed by atoms with Gasteiger partial charge in [0.1, 0.15) is 12.1 Å². The molecule has 2 saturated heterocycles. The van der Waals surface area contributed by atoms with Crippen LogP contribution in [0, 0.1) is 5.92 Å². The molecule has 3 rings (SSSR count). The summed E-state index contributed by atoms with van der Waals surface area (Å²) in [6, 6.07) is 3.22. The van der Waals surface area contributed by atoms with Crippen LogP contribution in [0.3, 0.4) is 0 Å². The molecule has 22 heavy (non-hydrogen) atoms. The third-order valence-electron chi connectivity index (χ3n) is 4.44. The largest absolute Gasteiger partial charge is 0.342 e. The lowest BCUT2D eigenvalue weighted by Gasteiger charge is -2.46. The summed E-state index contributed by atoms with van der Waals surface area (Å²) in [5, 5.41) is 2.88. The molecule has 118 valence electrons. The number of aromatic nitrogens is 1. The summed E-state index contributed by atoms with van der Waals surface area (Å²) in [6.45, 7) is 6.70. The Bertz CT molecular complexity index is 561. The highest BCUT2D eigenvalue weighted by molar-refractivity contribution is 5.97. The van der Waals surface area contributed by atoms with Gasteiger partial charge in [-0.3, -0.25) is 19.5 Å². The first-order valence-corrected chi connectivity index (χ1v) is 7.78. The van der Waals surface area contributed by atoms with Crippen molar-refractivity contribution in [2.75, 3.05) is 19.6 Å². The van der Waals surface area contributed by atoms with Gasteiger partial charge in [0.15, 0.2) is 0 Å². The molecule has 2 aliphatic heterocycles. The van der Waals surface area contributed by atoms with Crippen LogP contribution in [-0.4, -0.2) is 58.3 Å². The van der Waals surface area contributed by atoms with Crippen molar-refractivity contribution < 1.29 is 9.59 Å². The van der Waals surface area contributed by atoms with Crippen LogP contribution in [0.1, 0.15) is 19.4 Å². The highest BCUT2D eigenvalue weighted by atomic mass is 16.2. The van der Waals surface area contributed by atoms with Crippen LogP contribution in [0.2, 0.25) is 0 Å². The fourth-order valence-corrected chi connectivity index (χ4v) is 3.16. The highest BCUT2D eigenvalue weighted by Crippen LogP contribution is 2.20. The van der Waals surface area contributed by atoms with Gasteiger partial charge in [0.25, 0.3) is 0 Å². The van der Waals surface area contributed by atoms with Gasteiger partial charge in [-0.15, -0.1) is 0 Å². The summed E-state index contributed by atoms with van der Waals surface area (Å²) in [5.41, 5.74) is 1.17. The molecule has 0 aromatic carbocycles. The third kappa shape index (κ3) is 2.83. The van der Waals surface area contributed by atoms with Crippen LogP contribution < -0.4 is 5.32 Å². The van der Waals surface area contributed by atoms with Gasteiger partial charge in [-0.05, 0) is 23.6 Å². The second-order valence-corrected chi connectivity index (χ2v) is 6.37. The van der Waals surface area contributed by atoms with Crippen molar-refractivity contribution in [3.05, 3.63) is 30.1 Å². The van der Waals surface area contributed by atoms with Crippen LogP contribution in [0.5, 0.6) is 0 Å². The van der Waals surface area contributed by atoms with E-state index >= 15 is 0 Å². The first kappa shape index (κ1) is 15.0. The first-order valence-electron chi connectivity index (χ1n) is 7.78. The molecular weight excluding hydrogens is 280 g/mol. The van der Waals surface area contributed by atoms with Crippen LogP contribution in [-0.2, 0) is 16.1 Å². The lowest BCUT2D eigenvalue weighted by atomic mass is 9.96. The zero-order valence-corrected chi connectivity index (χ0v) is 13.0. The fourth-order valence-electron chi connectivity index (χ4n) is 3.16. The Hall–Kier alpha value is -1.95. The molecule has 2 amide bonds. The zero-order valence-electron chi connectivity index (χ0n) is 13.0. The van der Waals surface area contributed by atoms with E-state index in [2.05, 4.69) is 15.2 Å². The van der Waals surface area contributed by atoms with Gasteiger partial charge in [-0.25, -0.2) is 0 Å². The van der Waals surface area contributed by atoms with E-state index in [4.69, 9.17) is 0 Å². The van der Waals surface area contributed by atoms with Crippen molar-refractivity contribution in [3.8, 4) is 0 Å². The van der Waals surface area contributed by atoms with E-state index in [1.807, 2.05) is 26.0 Å². The molecule has 2 aliphatic rings. The number of pyridine rings is 1. The van der Waals surface area contributed by atoms with Gasteiger partial charge in [-0.1, -0.05) is 13.8 Å². The van der Waals surface area contributed by atoms with Crippen LogP contribution in [0.25, 0.3) is 0 Å². The fraction of sp³-hybridized carbons (Fsp3) is 0.562. The van der Waals surface area contributed by atoms with E-state index in [9.17, 15) is 9.59 Å². The maximum absolute atomic E-state index is 12.5. The molecule has 0 aliphatic carbocycles. The van der Waals surface area contributed by atoms with E-state index in [0.29, 0.717) is 13.1 Å². The Kier molecular flexibility index (Phi) is 4.11. The monoisotopic (exact) mass is 302 g/mol. The average Bonchev–Trinajstić information content (AvgIpc) is 2.51. The smallest absolute Gasteiger partial charge is 0.246 e. The Labute approximate surface area is 130 Å². The van der Waals surface area contributed by atoms with Gasteiger partial charge < -0.3 is 10.2 Å². The van der Waals surface area contributed by atoms with Crippen LogP contribution in [0.15, 0.2) is 24.5 Å². The van der Waals surface area contributed by atoms with Crippen molar-refractivity contribution in [1.82, 2.24) is 20.1 Å². The molecule has 0 spiro atoms. The molecule has 1 aromatic heterocycles. The number of nitrogens with one attached hydrogen (secondary N) is 1. The summed E-state index contributed by atoms with van der Waals surface area (Å²) in [7, 11) is 0. The minimum absolute atomic E-state index is 0.0299. The molecule has 0 bridgehead atoms. The number of hydrogen-bond donors (Lipinski definition) is 1.